The van der Waals surface area contributed by atoms with E-state index in [2.05, 4.69) is 4.72 Å². The van der Waals surface area contributed by atoms with Gasteiger partial charge in [-0.05, 0) is 36.3 Å². The highest BCUT2D eigenvalue weighted by Gasteiger charge is 2.08. The van der Waals surface area contributed by atoms with Crippen LogP contribution in [0.4, 0.5) is 0 Å². The maximum atomic E-state index is 12.0. The smallest absolute Gasteiger partial charge is 0.225 e. The molecule has 2 aromatic carbocycles. The van der Waals surface area contributed by atoms with Gasteiger partial charge in [0.2, 0.25) is 20.0 Å². The monoisotopic (exact) mass is 366 g/mol. The minimum absolute atomic E-state index is 0.0200. The number of benzene rings is 2. The van der Waals surface area contributed by atoms with E-state index in [1.807, 2.05) is 31.2 Å². The third-order valence-corrected chi connectivity index (χ3v) is 5.22. The fraction of sp³-hybridized carbons (Fsp3) is 0.125. The van der Waals surface area contributed by atoms with Crippen LogP contribution in [0.3, 0.4) is 0 Å². The molecule has 0 spiro atoms. The van der Waals surface area contributed by atoms with Crippen molar-refractivity contribution in [2.75, 3.05) is 0 Å². The van der Waals surface area contributed by atoms with Crippen molar-refractivity contribution in [3.63, 3.8) is 0 Å². The van der Waals surface area contributed by atoms with Crippen molar-refractivity contribution in [1.29, 1.82) is 0 Å². The van der Waals surface area contributed by atoms with Gasteiger partial charge in [0.05, 0.1) is 4.90 Å². The van der Waals surface area contributed by atoms with Crippen LogP contribution in [-0.4, -0.2) is 16.8 Å². The van der Waals surface area contributed by atoms with Gasteiger partial charge < -0.3 is 0 Å². The first kappa shape index (κ1) is 18.3. The molecule has 128 valence electrons. The van der Waals surface area contributed by atoms with E-state index in [1.54, 1.807) is 0 Å². The number of nitrogens with two attached hydrogens (primary N) is 1. The first-order valence-corrected chi connectivity index (χ1v) is 10.1. The van der Waals surface area contributed by atoms with Gasteiger partial charge in [-0.1, -0.05) is 42.0 Å². The van der Waals surface area contributed by atoms with E-state index in [0.717, 1.165) is 16.5 Å². The molecule has 0 aliphatic rings. The van der Waals surface area contributed by atoms with Crippen LogP contribution >= 0.6 is 0 Å². The van der Waals surface area contributed by atoms with Crippen LogP contribution < -0.4 is 9.86 Å². The lowest BCUT2D eigenvalue weighted by molar-refractivity contribution is 0.590. The van der Waals surface area contributed by atoms with Crippen LogP contribution in [0, 0.1) is 6.92 Å². The van der Waals surface area contributed by atoms with Crippen LogP contribution in [0.5, 0.6) is 0 Å². The molecular formula is C16H18N2O4S2. The SMILES string of the molecule is Cc1ccc(/C=C/S(=O)(=O)NCc2ccc(S(N)(=O)=O)cc2)cc1. The molecule has 2 aromatic rings. The second kappa shape index (κ2) is 7.27. The fourth-order valence-electron chi connectivity index (χ4n) is 1.87. The summed E-state index contributed by atoms with van der Waals surface area (Å²) in [6, 6.07) is 13.1. The zero-order valence-electron chi connectivity index (χ0n) is 13.0. The highest BCUT2D eigenvalue weighted by molar-refractivity contribution is 7.92. The van der Waals surface area contributed by atoms with Crippen LogP contribution in [0.25, 0.3) is 6.08 Å². The number of hydrogen-bond acceptors (Lipinski definition) is 4. The lowest BCUT2D eigenvalue weighted by Gasteiger charge is -2.04. The summed E-state index contributed by atoms with van der Waals surface area (Å²) in [6.07, 6.45) is 1.51. The maximum Gasteiger partial charge on any atom is 0.238 e. The Hall–Kier alpha value is -2.00. The Kier molecular flexibility index (Phi) is 5.55. The van der Waals surface area contributed by atoms with E-state index in [4.69, 9.17) is 5.14 Å². The molecule has 0 saturated heterocycles. The third-order valence-electron chi connectivity index (χ3n) is 3.25. The summed E-state index contributed by atoms with van der Waals surface area (Å²) in [5.41, 5.74) is 2.49. The van der Waals surface area contributed by atoms with Gasteiger partial charge in [0, 0.05) is 12.0 Å². The standard InChI is InChI=1S/C16H18N2O4S2/c1-13-2-4-14(5-3-13)10-11-23(19,20)18-12-15-6-8-16(9-7-15)24(17,21)22/h2-11,18H,12H2,1H3,(H2,17,21,22)/b11-10+. The Bertz CT molecular complexity index is 931. The van der Waals surface area contributed by atoms with Gasteiger partial charge in [0.25, 0.3) is 0 Å². The zero-order valence-corrected chi connectivity index (χ0v) is 14.6. The van der Waals surface area contributed by atoms with Crippen molar-refractivity contribution in [1.82, 2.24) is 4.72 Å². The molecule has 0 aromatic heterocycles. The minimum Gasteiger partial charge on any atom is -0.225 e. The summed E-state index contributed by atoms with van der Waals surface area (Å²) in [5, 5.41) is 6.10. The molecule has 24 heavy (non-hydrogen) atoms. The van der Waals surface area contributed by atoms with Crippen molar-refractivity contribution < 1.29 is 16.8 Å². The first-order valence-electron chi connectivity index (χ1n) is 7.02. The molecule has 0 fully saturated rings. The number of nitrogens with one attached hydrogen (secondary N) is 1. The second-order valence-corrected chi connectivity index (χ2v) is 8.48. The Balaban J connectivity index is 2.01. The summed E-state index contributed by atoms with van der Waals surface area (Å²) in [5.74, 6) is 0. The van der Waals surface area contributed by atoms with E-state index in [1.165, 1.54) is 30.3 Å². The molecule has 0 aliphatic heterocycles. The Morgan fingerprint density at radius 3 is 2.08 bits per heavy atom. The molecule has 0 atom stereocenters. The number of aryl methyl sites for hydroxylation is 1. The predicted molar refractivity (Wildman–Crippen MR) is 93.8 cm³/mol. The average molecular weight is 366 g/mol. The highest BCUT2D eigenvalue weighted by atomic mass is 32.2. The molecule has 6 nitrogen and oxygen atoms in total. The summed E-state index contributed by atoms with van der Waals surface area (Å²) < 4.78 is 48.7. The maximum absolute atomic E-state index is 12.0. The predicted octanol–water partition coefficient (Wildman–Crippen LogP) is 1.73. The number of sulfonamides is 2. The molecule has 0 amide bonds. The van der Waals surface area contributed by atoms with Gasteiger partial charge in [-0.3, -0.25) is 0 Å². The summed E-state index contributed by atoms with van der Waals surface area (Å²) >= 11 is 0. The van der Waals surface area contributed by atoms with Crippen LogP contribution in [-0.2, 0) is 26.6 Å². The van der Waals surface area contributed by atoms with Gasteiger partial charge in [0.1, 0.15) is 0 Å². The van der Waals surface area contributed by atoms with Gasteiger partial charge in [-0.25, -0.2) is 26.7 Å². The lowest BCUT2D eigenvalue weighted by Crippen LogP contribution is -2.20. The van der Waals surface area contributed by atoms with E-state index < -0.39 is 20.0 Å². The molecule has 0 bridgehead atoms. The summed E-state index contributed by atoms with van der Waals surface area (Å²) in [7, 11) is -7.36. The van der Waals surface area contributed by atoms with Gasteiger partial charge >= 0.3 is 0 Å². The third kappa shape index (κ3) is 5.57. The minimum atomic E-state index is -3.76. The Morgan fingerprint density at radius 1 is 0.958 bits per heavy atom. The molecule has 3 N–H and O–H groups in total. The Morgan fingerprint density at radius 2 is 1.54 bits per heavy atom. The molecule has 0 heterocycles. The largest absolute Gasteiger partial charge is 0.238 e. The second-order valence-electron chi connectivity index (χ2n) is 5.27. The topological polar surface area (TPSA) is 106 Å². The number of primary sulfonamides is 1. The molecular weight excluding hydrogens is 348 g/mol. The van der Waals surface area contributed by atoms with Crippen LogP contribution in [0.15, 0.2) is 58.8 Å². The normalized spacial score (nSPS) is 12.6. The van der Waals surface area contributed by atoms with E-state index in [0.29, 0.717) is 5.56 Å². The summed E-state index contributed by atoms with van der Waals surface area (Å²) in [4.78, 5) is -0.0200. The quantitative estimate of drug-likeness (QED) is 0.812. The molecule has 0 saturated carbocycles. The van der Waals surface area contributed by atoms with Crippen molar-refractivity contribution in [3.8, 4) is 0 Å². The van der Waals surface area contributed by atoms with Crippen molar-refractivity contribution in [2.45, 2.75) is 18.4 Å². The van der Waals surface area contributed by atoms with Crippen LogP contribution in [0.2, 0.25) is 0 Å². The van der Waals surface area contributed by atoms with E-state index in [9.17, 15) is 16.8 Å². The first-order chi connectivity index (χ1) is 11.2. The Labute approximate surface area is 142 Å². The molecule has 0 unspecified atom stereocenters. The fourth-order valence-corrected chi connectivity index (χ4v) is 3.19. The number of rotatable bonds is 6. The molecule has 8 heteroatoms. The van der Waals surface area contributed by atoms with Gasteiger partial charge in [-0.15, -0.1) is 0 Å². The highest BCUT2D eigenvalue weighted by Crippen LogP contribution is 2.10. The van der Waals surface area contributed by atoms with E-state index >= 15 is 0 Å². The van der Waals surface area contributed by atoms with E-state index in [-0.39, 0.29) is 11.4 Å². The number of hydrogen-bond donors (Lipinski definition) is 2. The van der Waals surface area contributed by atoms with Crippen molar-refractivity contribution >= 4 is 26.1 Å². The van der Waals surface area contributed by atoms with Crippen LogP contribution in [0.1, 0.15) is 16.7 Å². The van der Waals surface area contributed by atoms with Crippen molar-refractivity contribution in [2.24, 2.45) is 5.14 Å². The summed E-state index contributed by atoms with van der Waals surface area (Å²) in [6.45, 7) is 2.00. The zero-order chi connectivity index (χ0) is 17.8. The van der Waals surface area contributed by atoms with Crippen molar-refractivity contribution in [3.05, 3.63) is 70.6 Å². The van der Waals surface area contributed by atoms with Gasteiger partial charge in [0.15, 0.2) is 0 Å². The van der Waals surface area contributed by atoms with Gasteiger partial charge in [-0.2, -0.15) is 0 Å². The molecule has 0 radical (unpaired) electrons. The molecule has 0 aliphatic carbocycles. The average Bonchev–Trinajstić information content (AvgIpc) is 2.52. The molecule has 2 rings (SSSR count). The lowest BCUT2D eigenvalue weighted by atomic mass is 10.2.